The van der Waals surface area contributed by atoms with Crippen molar-refractivity contribution in [2.24, 2.45) is 0 Å². The van der Waals surface area contributed by atoms with Gasteiger partial charge in [0.15, 0.2) is 5.69 Å². The average molecular weight is 429 g/mol. The Balaban J connectivity index is 1.23. The number of rotatable bonds is 8. The number of aryl methyl sites for hydroxylation is 1. The molecule has 2 aromatic carbocycles. The number of tetrazole rings is 1. The predicted molar refractivity (Wildman–Crippen MR) is 118 cm³/mol. The second kappa shape index (κ2) is 8.58. The van der Waals surface area contributed by atoms with Gasteiger partial charge in [0, 0.05) is 19.0 Å². The van der Waals surface area contributed by atoms with Crippen LogP contribution >= 0.6 is 0 Å². The molecule has 32 heavy (non-hydrogen) atoms. The highest BCUT2D eigenvalue weighted by Crippen LogP contribution is 2.41. The van der Waals surface area contributed by atoms with E-state index in [0.717, 1.165) is 29.9 Å². The van der Waals surface area contributed by atoms with E-state index in [1.54, 1.807) is 9.36 Å². The normalized spacial score (nSPS) is 13.2. The van der Waals surface area contributed by atoms with Gasteiger partial charge >= 0.3 is 0 Å². The van der Waals surface area contributed by atoms with E-state index in [9.17, 15) is 4.79 Å². The molecule has 1 amide bonds. The maximum Gasteiger partial charge on any atom is 0.273 e. The van der Waals surface area contributed by atoms with E-state index in [-0.39, 0.29) is 5.91 Å². The largest absolute Gasteiger partial charge is 0.351 e. The molecule has 1 saturated carbocycles. The molecule has 2 N–H and O–H groups in total. The first-order valence-corrected chi connectivity index (χ1v) is 10.6. The quantitative estimate of drug-likeness (QED) is 0.413. The van der Waals surface area contributed by atoms with Crippen molar-refractivity contribution in [2.45, 2.75) is 25.7 Å². The molecule has 0 atom stereocenters. The standard InChI is InChI=1S/C22H23N9O/c1-15-7-11-18(12-8-15)30-20(16-9-10-16)19(25-28-30)21(32)23-13-14-24-22-26-27-29-31(22)17-5-3-2-4-6-17/h2-8,11-12,16H,9-10,13-14H2,1H3,(H,23,32)(H,24,26,29). The highest BCUT2D eigenvalue weighted by Gasteiger charge is 2.34. The van der Waals surface area contributed by atoms with Crippen LogP contribution in [0.5, 0.6) is 0 Å². The number of para-hydroxylation sites is 1. The van der Waals surface area contributed by atoms with Crippen molar-refractivity contribution < 1.29 is 4.79 Å². The van der Waals surface area contributed by atoms with E-state index in [2.05, 4.69) is 36.5 Å². The van der Waals surface area contributed by atoms with Crippen molar-refractivity contribution in [2.75, 3.05) is 18.4 Å². The Kier molecular flexibility index (Phi) is 5.32. The van der Waals surface area contributed by atoms with Crippen LogP contribution in [0.4, 0.5) is 5.95 Å². The van der Waals surface area contributed by atoms with E-state index >= 15 is 0 Å². The summed E-state index contributed by atoms with van der Waals surface area (Å²) < 4.78 is 3.40. The molecule has 10 heteroatoms. The summed E-state index contributed by atoms with van der Waals surface area (Å²) in [7, 11) is 0. The van der Waals surface area contributed by atoms with E-state index < -0.39 is 0 Å². The second-order valence-corrected chi connectivity index (χ2v) is 7.78. The summed E-state index contributed by atoms with van der Waals surface area (Å²) in [6, 6.07) is 17.7. The Labute approximate surface area is 184 Å². The van der Waals surface area contributed by atoms with Crippen LogP contribution in [0.1, 0.15) is 40.5 Å². The molecule has 2 aromatic heterocycles. The van der Waals surface area contributed by atoms with Crippen LogP contribution in [0.3, 0.4) is 0 Å². The maximum atomic E-state index is 12.8. The molecule has 1 aliphatic carbocycles. The molecule has 2 heterocycles. The van der Waals surface area contributed by atoms with E-state index in [1.165, 1.54) is 5.56 Å². The molecule has 0 saturated heterocycles. The lowest BCUT2D eigenvalue weighted by Gasteiger charge is -2.09. The van der Waals surface area contributed by atoms with Crippen LogP contribution in [0.25, 0.3) is 11.4 Å². The van der Waals surface area contributed by atoms with Gasteiger partial charge in [-0.2, -0.15) is 4.68 Å². The molecule has 1 fully saturated rings. The summed E-state index contributed by atoms with van der Waals surface area (Å²) in [5, 5.41) is 26.3. The number of hydrogen-bond acceptors (Lipinski definition) is 7. The van der Waals surface area contributed by atoms with Gasteiger partial charge in [-0.3, -0.25) is 4.79 Å². The Morgan fingerprint density at radius 1 is 0.938 bits per heavy atom. The van der Waals surface area contributed by atoms with Crippen molar-refractivity contribution in [1.29, 1.82) is 0 Å². The Bertz CT molecular complexity index is 1210. The minimum atomic E-state index is -0.227. The lowest BCUT2D eigenvalue weighted by molar-refractivity contribution is 0.0949. The fourth-order valence-electron chi connectivity index (χ4n) is 3.53. The van der Waals surface area contributed by atoms with Gasteiger partial charge in [0.2, 0.25) is 5.95 Å². The number of hydrogen-bond donors (Lipinski definition) is 2. The van der Waals surface area contributed by atoms with Gasteiger partial charge in [0.05, 0.1) is 17.1 Å². The average Bonchev–Trinajstić information content (AvgIpc) is 3.38. The summed E-state index contributed by atoms with van der Waals surface area (Å²) in [6.45, 7) is 2.89. The summed E-state index contributed by atoms with van der Waals surface area (Å²) in [5.74, 6) is 0.602. The molecule has 0 spiro atoms. The van der Waals surface area contributed by atoms with Crippen molar-refractivity contribution in [3.05, 3.63) is 71.5 Å². The fraction of sp³-hybridized carbons (Fsp3) is 0.273. The maximum absolute atomic E-state index is 12.8. The van der Waals surface area contributed by atoms with Crippen LogP contribution in [-0.4, -0.2) is 54.2 Å². The van der Waals surface area contributed by atoms with Gasteiger partial charge < -0.3 is 10.6 Å². The molecule has 162 valence electrons. The molecule has 0 bridgehead atoms. The summed E-state index contributed by atoms with van der Waals surface area (Å²) in [6.07, 6.45) is 2.09. The number of carbonyl (C=O) groups is 1. The third kappa shape index (κ3) is 4.07. The third-order valence-corrected chi connectivity index (χ3v) is 5.33. The molecule has 5 rings (SSSR count). The highest BCUT2D eigenvalue weighted by atomic mass is 16.2. The van der Waals surface area contributed by atoms with Gasteiger partial charge in [-0.05, 0) is 54.5 Å². The van der Waals surface area contributed by atoms with Crippen LogP contribution in [0.15, 0.2) is 54.6 Å². The summed E-state index contributed by atoms with van der Waals surface area (Å²) in [5.41, 5.74) is 4.21. The Morgan fingerprint density at radius 3 is 2.44 bits per heavy atom. The zero-order valence-corrected chi connectivity index (χ0v) is 17.6. The minimum absolute atomic E-state index is 0.227. The third-order valence-electron chi connectivity index (χ3n) is 5.33. The zero-order chi connectivity index (χ0) is 21.9. The molecular formula is C22H23N9O. The molecule has 0 aliphatic heterocycles. The van der Waals surface area contributed by atoms with Gasteiger partial charge in [-0.1, -0.05) is 46.2 Å². The number of benzene rings is 2. The van der Waals surface area contributed by atoms with E-state index in [4.69, 9.17) is 0 Å². The summed E-state index contributed by atoms with van der Waals surface area (Å²) in [4.78, 5) is 12.8. The predicted octanol–water partition coefficient (Wildman–Crippen LogP) is 2.27. The number of nitrogens with zero attached hydrogens (tertiary/aromatic N) is 7. The molecule has 4 aromatic rings. The summed E-state index contributed by atoms with van der Waals surface area (Å²) >= 11 is 0. The van der Waals surface area contributed by atoms with Crippen molar-refractivity contribution in [3.8, 4) is 11.4 Å². The number of carbonyl (C=O) groups excluding carboxylic acids is 1. The van der Waals surface area contributed by atoms with E-state index in [1.807, 2.05) is 61.5 Å². The second-order valence-electron chi connectivity index (χ2n) is 7.78. The van der Waals surface area contributed by atoms with E-state index in [0.29, 0.717) is 30.6 Å². The van der Waals surface area contributed by atoms with Crippen LogP contribution in [0, 0.1) is 6.92 Å². The van der Waals surface area contributed by atoms with Gasteiger partial charge in [-0.15, -0.1) is 5.10 Å². The van der Waals surface area contributed by atoms with Crippen molar-refractivity contribution in [3.63, 3.8) is 0 Å². The molecular weight excluding hydrogens is 406 g/mol. The van der Waals surface area contributed by atoms with Crippen LogP contribution < -0.4 is 10.6 Å². The first-order chi connectivity index (χ1) is 15.7. The minimum Gasteiger partial charge on any atom is -0.351 e. The lowest BCUT2D eigenvalue weighted by Crippen LogP contribution is -2.30. The Morgan fingerprint density at radius 2 is 1.69 bits per heavy atom. The number of amides is 1. The van der Waals surface area contributed by atoms with Crippen LogP contribution in [-0.2, 0) is 0 Å². The highest BCUT2D eigenvalue weighted by molar-refractivity contribution is 5.93. The monoisotopic (exact) mass is 429 g/mol. The van der Waals surface area contributed by atoms with Crippen molar-refractivity contribution in [1.82, 2.24) is 40.5 Å². The van der Waals surface area contributed by atoms with Gasteiger partial charge in [0.25, 0.3) is 5.91 Å². The van der Waals surface area contributed by atoms with Gasteiger partial charge in [0.1, 0.15) is 0 Å². The molecule has 10 nitrogen and oxygen atoms in total. The SMILES string of the molecule is Cc1ccc(-n2nnc(C(=O)NCCNc3nnnn3-c3ccccc3)c2C2CC2)cc1. The first-order valence-electron chi connectivity index (χ1n) is 10.6. The number of nitrogens with one attached hydrogen (secondary N) is 2. The first kappa shape index (κ1) is 19.9. The molecule has 1 aliphatic rings. The molecule has 0 unspecified atom stereocenters. The van der Waals surface area contributed by atoms with Gasteiger partial charge in [-0.25, -0.2) is 4.68 Å². The topological polar surface area (TPSA) is 115 Å². The molecule has 0 radical (unpaired) electrons. The number of aromatic nitrogens is 7. The number of anilines is 1. The zero-order valence-electron chi connectivity index (χ0n) is 17.6. The Hall–Kier alpha value is -4.08. The smallest absolute Gasteiger partial charge is 0.273 e. The fourth-order valence-corrected chi connectivity index (χ4v) is 3.53. The van der Waals surface area contributed by atoms with Crippen LogP contribution in [0.2, 0.25) is 0 Å². The van der Waals surface area contributed by atoms with Crippen molar-refractivity contribution >= 4 is 11.9 Å². The lowest BCUT2D eigenvalue weighted by atomic mass is 10.2.